The summed E-state index contributed by atoms with van der Waals surface area (Å²) >= 11 is 1.43. The predicted molar refractivity (Wildman–Crippen MR) is 57.1 cm³/mol. The summed E-state index contributed by atoms with van der Waals surface area (Å²) in [5.41, 5.74) is 0. The molecule has 0 saturated carbocycles. The second-order valence-corrected chi connectivity index (χ2v) is 3.96. The zero-order chi connectivity index (χ0) is 9.52. The summed E-state index contributed by atoms with van der Waals surface area (Å²) in [6, 6.07) is 0.585. The Labute approximate surface area is 83.7 Å². The summed E-state index contributed by atoms with van der Waals surface area (Å²) in [4.78, 5) is 0. The molecule has 0 bridgehead atoms. The summed E-state index contributed by atoms with van der Waals surface area (Å²) < 4.78 is 3.82. The van der Waals surface area contributed by atoms with E-state index in [1.165, 1.54) is 30.8 Å². The Morgan fingerprint density at radius 3 is 2.92 bits per heavy atom. The lowest BCUT2D eigenvalue weighted by Gasteiger charge is -2.15. The first-order valence-corrected chi connectivity index (χ1v) is 5.68. The molecule has 3 nitrogen and oxygen atoms in total. The molecule has 74 valence electrons. The molecule has 0 aliphatic heterocycles. The summed E-state index contributed by atoms with van der Waals surface area (Å²) in [5.74, 6) is 0. The first kappa shape index (κ1) is 10.4. The van der Waals surface area contributed by atoms with Crippen LogP contribution in [0.4, 0.5) is 5.00 Å². The van der Waals surface area contributed by atoms with Crippen molar-refractivity contribution in [3.63, 3.8) is 0 Å². The molecule has 0 aliphatic rings. The fraction of sp³-hybridized carbons (Fsp3) is 0.778. The third-order valence-electron chi connectivity index (χ3n) is 2.11. The van der Waals surface area contributed by atoms with Gasteiger partial charge in [0.15, 0.2) is 0 Å². The topological polar surface area (TPSA) is 37.8 Å². The average molecular weight is 199 g/mol. The Morgan fingerprint density at radius 1 is 1.54 bits per heavy atom. The van der Waals surface area contributed by atoms with E-state index in [0.717, 1.165) is 11.4 Å². The molecule has 1 N–H and O–H groups in total. The lowest BCUT2D eigenvalue weighted by molar-refractivity contribution is 0.594. The van der Waals surface area contributed by atoms with Crippen molar-refractivity contribution in [2.24, 2.45) is 0 Å². The number of hydrogen-bond acceptors (Lipinski definition) is 4. The molecular weight excluding hydrogens is 182 g/mol. The first-order valence-electron chi connectivity index (χ1n) is 4.90. The molecule has 1 rings (SSSR count). The van der Waals surface area contributed by atoms with E-state index in [2.05, 4.69) is 28.8 Å². The Morgan fingerprint density at radius 2 is 2.38 bits per heavy atom. The maximum absolute atomic E-state index is 3.82. The van der Waals surface area contributed by atoms with Gasteiger partial charge in [0.05, 0.1) is 6.20 Å². The predicted octanol–water partition coefficient (Wildman–Crippen LogP) is 2.92. The van der Waals surface area contributed by atoms with Crippen LogP contribution in [0.1, 0.15) is 39.5 Å². The van der Waals surface area contributed by atoms with Gasteiger partial charge >= 0.3 is 0 Å². The van der Waals surface area contributed by atoms with Crippen molar-refractivity contribution in [2.45, 2.75) is 45.6 Å². The summed E-state index contributed by atoms with van der Waals surface area (Å²) in [6.07, 6.45) is 6.75. The van der Waals surface area contributed by atoms with Crippen molar-refractivity contribution < 1.29 is 0 Å². The first-order chi connectivity index (χ1) is 6.36. The molecule has 1 atom stereocenters. The molecule has 1 unspecified atom stereocenters. The molecule has 0 amide bonds. The molecule has 0 aromatic carbocycles. The highest BCUT2D eigenvalue weighted by atomic mass is 32.1. The van der Waals surface area contributed by atoms with Crippen molar-refractivity contribution >= 4 is 16.5 Å². The van der Waals surface area contributed by atoms with E-state index in [-0.39, 0.29) is 0 Å². The Balaban J connectivity index is 2.31. The fourth-order valence-corrected chi connectivity index (χ4v) is 1.76. The van der Waals surface area contributed by atoms with Gasteiger partial charge in [0, 0.05) is 17.6 Å². The van der Waals surface area contributed by atoms with Crippen molar-refractivity contribution in [3.8, 4) is 0 Å². The Kier molecular flexibility index (Phi) is 4.75. The number of hydrogen-bond donors (Lipinski definition) is 1. The highest BCUT2D eigenvalue weighted by molar-refractivity contribution is 7.09. The normalized spacial score (nSPS) is 12.8. The number of anilines is 1. The smallest absolute Gasteiger partial charge is 0.130 e. The van der Waals surface area contributed by atoms with Gasteiger partial charge in [0.25, 0.3) is 0 Å². The Bertz CT molecular complexity index is 211. The summed E-state index contributed by atoms with van der Waals surface area (Å²) in [6.45, 7) is 4.43. The molecule has 13 heavy (non-hydrogen) atoms. The van der Waals surface area contributed by atoms with Gasteiger partial charge in [-0.1, -0.05) is 31.2 Å². The molecular formula is C9H17N3S. The van der Waals surface area contributed by atoms with Crippen molar-refractivity contribution in [1.29, 1.82) is 0 Å². The standard InChI is InChI=1S/C9H17N3S/c1-3-5-6-8(4-2)11-9-7-10-12-13-9/h7-8,11H,3-6H2,1-2H3. The van der Waals surface area contributed by atoms with Crippen molar-refractivity contribution in [1.82, 2.24) is 9.59 Å². The van der Waals surface area contributed by atoms with Crippen LogP contribution in [-0.2, 0) is 0 Å². The number of rotatable bonds is 6. The van der Waals surface area contributed by atoms with E-state index >= 15 is 0 Å². The average Bonchev–Trinajstić information content (AvgIpc) is 2.64. The minimum Gasteiger partial charge on any atom is -0.372 e. The third kappa shape index (κ3) is 3.72. The Hall–Kier alpha value is -0.640. The number of nitrogens with zero attached hydrogens (tertiary/aromatic N) is 2. The molecule has 0 fully saturated rings. The SMILES string of the molecule is CCCCC(CC)Nc1cnns1. The molecule has 0 spiro atoms. The molecule has 1 aromatic heterocycles. The van der Waals surface area contributed by atoms with Crippen molar-refractivity contribution in [3.05, 3.63) is 6.20 Å². The van der Waals surface area contributed by atoms with E-state index in [0.29, 0.717) is 6.04 Å². The molecule has 0 saturated heterocycles. The number of unbranched alkanes of at least 4 members (excludes halogenated alkanes) is 1. The minimum atomic E-state index is 0.585. The van der Waals surface area contributed by atoms with E-state index < -0.39 is 0 Å². The molecule has 0 aliphatic carbocycles. The summed E-state index contributed by atoms with van der Waals surface area (Å²) in [7, 11) is 0. The van der Waals surface area contributed by atoms with Gasteiger partial charge in [-0.3, -0.25) is 0 Å². The third-order valence-corrected chi connectivity index (χ3v) is 2.70. The van der Waals surface area contributed by atoms with Gasteiger partial charge in [-0.05, 0) is 12.8 Å². The van der Waals surface area contributed by atoms with E-state index in [1.54, 1.807) is 6.20 Å². The quantitative estimate of drug-likeness (QED) is 0.765. The van der Waals surface area contributed by atoms with Gasteiger partial charge < -0.3 is 5.32 Å². The zero-order valence-electron chi connectivity index (χ0n) is 8.29. The maximum atomic E-state index is 3.82. The maximum Gasteiger partial charge on any atom is 0.130 e. The van der Waals surface area contributed by atoms with Gasteiger partial charge in [-0.2, -0.15) is 0 Å². The van der Waals surface area contributed by atoms with Crippen molar-refractivity contribution in [2.75, 3.05) is 5.32 Å². The van der Waals surface area contributed by atoms with Crippen LogP contribution in [0.5, 0.6) is 0 Å². The van der Waals surface area contributed by atoms with Crippen LogP contribution >= 0.6 is 11.5 Å². The minimum absolute atomic E-state index is 0.585. The van der Waals surface area contributed by atoms with Crippen LogP contribution in [0.2, 0.25) is 0 Å². The van der Waals surface area contributed by atoms with Crippen LogP contribution in [0.15, 0.2) is 6.20 Å². The highest BCUT2D eigenvalue weighted by Crippen LogP contribution is 2.15. The molecule has 1 aromatic rings. The lowest BCUT2D eigenvalue weighted by Crippen LogP contribution is -2.17. The van der Waals surface area contributed by atoms with Crippen LogP contribution in [0.3, 0.4) is 0 Å². The number of aromatic nitrogens is 2. The summed E-state index contributed by atoms with van der Waals surface area (Å²) in [5, 5.41) is 8.32. The monoisotopic (exact) mass is 199 g/mol. The number of nitrogens with one attached hydrogen (secondary N) is 1. The van der Waals surface area contributed by atoms with Gasteiger partial charge in [0.1, 0.15) is 5.00 Å². The van der Waals surface area contributed by atoms with E-state index in [1.807, 2.05) is 0 Å². The molecule has 4 heteroatoms. The second-order valence-electron chi connectivity index (χ2n) is 3.17. The van der Waals surface area contributed by atoms with Crippen LogP contribution in [0, 0.1) is 0 Å². The van der Waals surface area contributed by atoms with E-state index in [9.17, 15) is 0 Å². The van der Waals surface area contributed by atoms with Crippen LogP contribution in [0.25, 0.3) is 0 Å². The van der Waals surface area contributed by atoms with Crippen LogP contribution < -0.4 is 5.32 Å². The van der Waals surface area contributed by atoms with Gasteiger partial charge in [-0.25, -0.2) is 0 Å². The molecule has 0 radical (unpaired) electrons. The van der Waals surface area contributed by atoms with Crippen LogP contribution in [-0.4, -0.2) is 15.6 Å². The fourth-order valence-electron chi connectivity index (χ4n) is 1.26. The highest BCUT2D eigenvalue weighted by Gasteiger charge is 2.05. The van der Waals surface area contributed by atoms with Gasteiger partial charge in [-0.15, -0.1) is 5.10 Å². The molecule has 1 heterocycles. The van der Waals surface area contributed by atoms with Gasteiger partial charge in [0.2, 0.25) is 0 Å². The van der Waals surface area contributed by atoms with E-state index in [4.69, 9.17) is 0 Å². The largest absolute Gasteiger partial charge is 0.372 e. The zero-order valence-corrected chi connectivity index (χ0v) is 9.10. The lowest BCUT2D eigenvalue weighted by atomic mass is 10.1. The second kappa shape index (κ2) is 5.91.